The van der Waals surface area contributed by atoms with Gasteiger partial charge in [0.15, 0.2) is 5.69 Å². The first-order valence-electron chi connectivity index (χ1n) is 9.74. The predicted octanol–water partition coefficient (Wildman–Crippen LogP) is 4.21. The third kappa shape index (κ3) is 4.05. The van der Waals surface area contributed by atoms with Gasteiger partial charge in [-0.25, -0.2) is 14.5 Å². The maximum absolute atomic E-state index is 12.6. The highest BCUT2D eigenvalue weighted by Crippen LogP contribution is 2.30. The van der Waals surface area contributed by atoms with Gasteiger partial charge in [-0.2, -0.15) is 0 Å². The Morgan fingerprint density at radius 2 is 1.81 bits per heavy atom. The van der Waals surface area contributed by atoms with Gasteiger partial charge in [0.05, 0.1) is 24.1 Å². The van der Waals surface area contributed by atoms with Gasteiger partial charge in [0.2, 0.25) is 5.89 Å². The van der Waals surface area contributed by atoms with Crippen LogP contribution in [0, 0.1) is 20.8 Å². The van der Waals surface area contributed by atoms with Crippen molar-refractivity contribution in [2.75, 3.05) is 7.11 Å². The molecule has 2 aromatic heterocycles. The lowest BCUT2D eigenvalue weighted by Gasteiger charge is -2.04. The zero-order chi connectivity index (χ0) is 22.0. The molecule has 0 spiro atoms. The molecule has 0 N–H and O–H groups in total. The van der Waals surface area contributed by atoms with Crippen LogP contribution in [-0.4, -0.2) is 33.1 Å². The van der Waals surface area contributed by atoms with Gasteiger partial charge >= 0.3 is 5.97 Å². The Labute approximate surface area is 179 Å². The van der Waals surface area contributed by atoms with Crippen LogP contribution in [0.2, 0.25) is 0 Å². The van der Waals surface area contributed by atoms with Crippen LogP contribution in [0.15, 0.2) is 52.9 Å². The van der Waals surface area contributed by atoms with E-state index in [-0.39, 0.29) is 12.3 Å². The zero-order valence-corrected chi connectivity index (χ0v) is 17.7. The van der Waals surface area contributed by atoms with Crippen LogP contribution in [0.4, 0.5) is 0 Å². The summed E-state index contributed by atoms with van der Waals surface area (Å²) in [5.41, 5.74) is 3.97. The SMILES string of the molecule is COc1ccccc1-c1nc(COC(=O)c2nnn(-c3ccc(C)cc3)c2C)c(C)o1. The summed E-state index contributed by atoms with van der Waals surface area (Å²) in [4.78, 5) is 17.1. The number of methoxy groups -OCH3 is 1. The number of carbonyl (C=O) groups is 1. The number of aromatic nitrogens is 4. The molecule has 4 rings (SSSR count). The molecule has 0 saturated carbocycles. The molecule has 8 nitrogen and oxygen atoms in total. The molecule has 0 saturated heterocycles. The average Bonchev–Trinajstić information content (AvgIpc) is 3.35. The Morgan fingerprint density at radius 1 is 1.06 bits per heavy atom. The second kappa shape index (κ2) is 8.43. The molecular weight excluding hydrogens is 396 g/mol. The van der Waals surface area contributed by atoms with E-state index in [1.165, 1.54) is 0 Å². The Balaban J connectivity index is 1.50. The summed E-state index contributed by atoms with van der Waals surface area (Å²) < 4.78 is 18.2. The molecule has 0 unspecified atom stereocenters. The fourth-order valence-electron chi connectivity index (χ4n) is 3.15. The summed E-state index contributed by atoms with van der Waals surface area (Å²) in [6, 6.07) is 15.2. The number of nitrogens with zero attached hydrogens (tertiary/aromatic N) is 4. The van der Waals surface area contributed by atoms with Crippen LogP contribution in [0.25, 0.3) is 17.1 Å². The fraction of sp³-hybridized carbons (Fsp3) is 0.217. The van der Waals surface area contributed by atoms with Crippen molar-refractivity contribution in [2.45, 2.75) is 27.4 Å². The minimum absolute atomic E-state index is 0.0415. The number of hydrogen-bond acceptors (Lipinski definition) is 7. The Hall–Kier alpha value is -3.94. The largest absolute Gasteiger partial charge is 0.496 e. The maximum atomic E-state index is 12.6. The van der Waals surface area contributed by atoms with Crippen LogP contribution in [0.3, 0.4) is 0 Å². The second-order valence-electron chi connectivity index (χ2n) is 7.07. The van der Waals surface area contributed by atoms with Crippen molar-refractivity contribution in [3.05, 3.63) is 76.9 Å². The molecule has 158 valence electrons. The molecule has 2 aromatic carbocycles. The number of hydrogen-bond donors (Lipinski definition) is 0. The van der Waals surface area contributed by atoms with E-state index in [9.17, 15) is 4.79 Å². The van der Waals surface area contributed by atoms with Gasteiger partial charge in [0.25, 0.3) is 0 Å². The summed E-state index contributed by atoms with van der Waals surface area (Å²) >= 11 is 0. The number of para-hydroxylation sites is 1. The van der Waals surface area contributed by atoms with E-state index >= 15 is 0 Å². The van der Waals surface area contributed by atoms with Crippen molar-refractivity contribution in [3.8, 4) is 22.9 Å². The first-order valence-corrected chi connectivity index (χ1v) is 9.74. The number of esters is 1. The Kier molecular flexibility index (Phi) is 5.53. The van der Waals surface area contributed by atoms with E-state index in [0.29, 0.717) is 28.8 Å². The summed E-state index contributed by atoms with van der Waals surface area (Å²) in [5, 5.41) is 8.09. The smallest absolute Gasteiger partial charge is 0.361 e. The van der Waals surface area contributed by atoms with Gasteiger partial charge in [-0.05, 0) is 45.0 Å². The van der Waals surface area contributed by atoms with Crippen LogP contribution in [0.5, 0.6) is 5.75 Å². The van der Waals surface area contributed by atoms with Crippen LogP contribution in [-0.2, 0) is 11.3 Å². The highest BCUT2D eigenvalue weighted by Gasteiger charge is 2.21. The number of aryl methyl sites for hydroxylation is 2. The number of benzene rings is 2. The van der Waals surface area contributed by atoms with Gasteiger partial charge in [-0.15, -0.1) is 5.10 Å². The highest BCUT2D eigenvalue weighted by atomic mass is 16.5. The molecule has 0 radical (unpaired) electrons. The second-order valence-corrected chi connectivity index (χ2v) is 7.07. The third-order valence-electron chi connectivity index (χ3n) is 4.94. The first kappa shape index (κ1) is 20.3. The summed E-state index contributed by atoms with van der Waals surface area (Å²) in [6.45, 7) is 5.51. The number of carbonyl (C=O) groups excluding carboxylic acids is 1. The van der Waals surface area contributed by atoms with Crippen molar-refractivity contribution in [2.24, 2.45) is 0 Å². The van der Waals surface area contributed by atoms with E-state index < -0.39 is 5.97 Å². The van der Waals surface area contributed by atoms with E-state index in [1.807, 2.05) is 55.5 Å². The molecule has 0 atom stereocenters. The zero-order valence-electron chi connectivity index (χ0n) is 17.7. The molecule has 31 heavy (non-hydrogen) atoms. The highest BCUT2D eigenvalue weighted by molar-refractivity contribution is 5.88. The molecule has 0 fully saturated rings. The lowest BCUT2D eigenvalue weighted by Crippen LogP contribution is -2.09. The lowest BCUT2D eigenvalue weighted by molar-refractivity contribution is 0.0459. The van der Waals surface area contributed by atoms with Gasteiger partial charge < -0.3 is 13.9 Å². The minimum Gasteiger partial charge on any atom is -0.496 e. The van der Waals surface area contributed by atoms with Crippen molar-refractivity contribution < 1.29 is 18.7 Å². The van der Waals surface area contributed by atoms with E-state index in [4.69, 9.17) is 13.9 Å². The molecule has 2 heterocycles. The van der Waals surface area contributed by atoms with Crippen molar-refractivity contribution in [3.63, 3.8) is 0 Å². The number of oxazole rings is 1. The van der Waals surface area contributed by atoms with Crippen LogP contribution < -0.4 is 4.74 Å². The maximum Gasteiger partial charge on any atom is 0.361 e. The summed E-state index contributed by atoms with van der Waals surface area (Å²) in [5.74, 6) is 1.05. The topological polar surface area (TPSA) is 92.3 Å². The summed E-state index contributed by atoms with van der Waals surface area (Å²) in [7, 11) is 1.59. The van der Waals surface area contributed by atoms with Gasteiger partial charge in [-0.3, -0.25) is 0 Å². The molecule has 8 heteroatoms. The molecule has 0 aliphatic carbocycles. The molecule has 0 bridgehead atoms. The molecule has 0 amide bonds. The average molecular weight is 418 g/mol. The Bertz CT molecular complexity index is 1220. The first-order chi connectivity index (χ1) is 15.0. The molecule has 0 aliphatic heterocycles. The standard InChI is InChI=1S/C23H22N4O4/c1-14-9-11-17(12-10-14)27-15(2)21(25-26-27)23(28)30-13-19-16(3)31-22(24-19)18-7-5-6-8-20(18)29-4/h5-12H,13H2,1-4H3. The molecule has 4 aromatic rings. The van der Waals surface area contributed by atoms with Crippen molar-refractivity contribution in [1.82, 2.24) is 20.0 Å². The monoisotopic (exact) mass is 418 g/mol. The Morgan fingerprint density at radius 3 is 2.55 bits per heavy atom. The molecular formula is C23H22N4O4. The van der Waals surface area contributed by atoms with E-state index in [1.54, 1.807) is 25.6 Å². The number of rotatable bonds is 6. The van der Waals surface area contributed by atoms with Crippen LogP contribution in [0.1, 0.15) is 33.2 Å². The van der Waals surface area contributed by atoms with Crippen LogP contribution >= 0.6 is 0 Å². The quantitative estimate of drug-likeness (QED) is 0.433. The molecule has 0 aliphatic rings. The number of ether oxygens (including phenoxy) is 2. The lowest BCUT2D eigenvalue weighted by atomic mass is 10.2. The van der Waals surface area contributed by atoms with E-state index in [2.05, 4.69) is 15.3 Å². The van der Waals surface area contributed by atoms with Gasteiger partial charge in [0, 0.05) is 0 Å². The van der Waals surface area contributed by atoms with Crippen molar-refractivity contribution >= 4 is 5.97 Å². The predicted molar refractivity (Wildman–Crippen MR) is 113 cm³/mol. The van der Waals surface area contributed by atoms with Gasteiger partial charge in [-0.1, -0.05) is 35.0 Å². The van der Waals surface area contributed by atoms with E-state index in [0.717, 1.165) is 16.8 Å². The van der Waals surface area contributed by atoms with Crippen molar-refractivity contribution in [1.29, 1.82) is 0 Å². The third-order valence-corrected chi connectivity index (χ3v) is 4.94. The van der Waals surface area contributed by atoms with Gasteiger partial charge in [0.1, 0.15) is 23.8 Å². The summed E-state index contributed by atoms with van der Waals surface area (Å²) in [6.07, 6.45) is 0. The minimum atomic E-state index is -0.572. The normalized spacial score (nSPS) is 10.8. The fourth-order valence-corrected chi connectivity index (χ4v) is 3.15.